The van der Waals surface area contributed by atoms with Gasteiger partial charge in [0, 0.05) is 50.8 Å². The Morgan fingerprint density at radius 1 is 1.42 bits per heavy atom. The lowest BCUT2D eigenvalue weighted by atomic mass is 10.1. The average Bonchev–Trinajstić information content (AvgIpc) is 2.93. The molecule has 1 atom stereocenters. The average molecular weight is 260 g/mol. The second-order valence-electron chi connectivity index (χ2n) is 5.25. The van der Waals surface area contributed by atoms with Gasteiger partial charge < -0.3 is 10.2 Å². The third kappa shape index (κ3) is 2.30. The van der Waals surface area contributed by atoms with Crippen molar-refractivity contribution in [1.29, 1.82) is 0 Å². The van der Waals surface area contributed by atoms with Gasteiger partial charge in [0.2, 0.25) is 0 Å². The molecule has 0 spiro atoms. The zero-order valence-corrected chi connectivity index (χ0v) is 11.3. The molecule has 0 saturated carbocycles. The normalized spacial score (nSPS) is 23.2. The molecule has 1 amide bonds. The molecule has 5 heteroatoms. The number of aromatic nitrogens is 1. The van der Waals surface area contributed by atoms with E-state index in [4.69, 9.17) is 0 Å². The maximum absolute atomic E-state index is 12.6. The summed E-state index contributed by atoms with van der Waals surface area (Å²) in [4.78, 5) is 21.2. The third-order valence-electron chi connectivity index (χ3n) is 4.20. The number of nitrogens with zero attached hydrogens (tertiary/aromatic N) is 3. The number of fused-ring (bicyclic) bond motifs is 1. The van der Waals surface area contributed by atoms with E-state index in [0.29, 0.717) is 11.6 Å². The zero-order valence-electron chi connectivity index (χ0n) is 11.3. The molecule has 2 fully saturated rings. The highest BCUT2D eigenvalue weighted by molar-refractivity contribution is 5.99. The number of pyridine rings is 1. The molecular weight excluding hydrogens is 240 g/mol. The van der Waals surface area contributed by atoms with Crippen molar-refractivity contribution >= 4 is 11.6 Å². The van der Waals surface area contributed by atoms with E-state index in [0.717, 1.165) is 25.3 Å². The molecule has 5 nitrogen and oxygen atoms in total. The Bertz CT molecular complexity index is 476. The van der Waals surface area contributed by atoms with E-state index >= 15 is 0 Å². The lowest BCUT2D eigenvalue weighted by molar-refractivity contribution is 0.0572. The first kappa shape index (κ1) is 12.4. The lowest BCUT2D eigenvalue weighted by Crippen LogP contribution is -2.52. The number of nitrogens with one attached hydrogen (secondary N) is 1. The second-order valence-corrected chi connectivity index (χ2v) is 5.25. The Labute approximate surface area is 113 Å². The molecule has 3 heterocycles. The van der Waals surface area contributed by atoms with Crippen LogP contribution in [0.5, 0.6) is 0 Å². The van der Waals surface area contributed by atoms with E-state index in [1.54, 1.807) is 12.4 Å². The van der Waals surface area contributed by atoms with Gasteiger partial charge in [-0.2, -0.15) is 0 Å². The van der Waals surface area contributed by atoms with Crippen LogP contribution in [0.3, 0.4) is 0 Å². The van der Waals surface area contributed by atoms with Crippen LogP contribution in [0.15, 0.2) is 18.5 Å². The predicted octanol–water partition coefficient (Wildman–Crippen LogP) is 1.04. The molecule has 0 aliphatic carbocycles. The van der Waals surface area contributed by atoms with Crippen LogP contribution in [0.4, 0.5) is 5.69 Å². The number of hydrogen-bond donors (Lipinski definition) is 1. The first-order chi connectivity index (χ1) is 9.29. The van der Waals surface area contributed by atoms with Gasteiger partial charge in [0.1, 0.15) is 0 Å². The zero-order chi connectivity index (χ0) is 13.2. The molecule has 0 bridgehead atoms. The van der Waals surface area contributed by atoms with Gasteiger partial charge in [-0.15, -0.1) is 0 Å². The molecule has 3 rings (SSSR count). The van der Waals surface area contributed by atoms with E-state index < -0.39 is 0 Å². The predicted molar refractivity (Wildman–Crippen MR) is 74.3 cm³/mol. The van der Waals surface area contributed by atoms with Crippen LogP contribution < -0.4 is 5.32 Å². The van der Waals surface area contributed by atoms with Gasteiger partial charge in [0.05, 0.1) is 5.56 Å². The lowest BCUT2D eigenvalue weighted by Gasteiger charge is -2.37. The summed E-state index contributed by atoms with van der Waals surface area (Å²) in [6, 6.07) is 2.41. The molecule has 1 aromatic rings. The summed E-state index contributed by atoms with van der Waals surface area (Å²) < 4.78 is 0. The van der Waals surface area contributed by atoms with Crippen molar-refractivity contribution in [3.8, 4) is 0 Å². The smallest absolute Gasteiger partial charge is 0.257 e. The maximum atomic E-state index is 12.6. The molecule has 1 N–H and O–H groups in total. The van der Waals surface area contributed by atoms with E-state index in [1.807, 2.05) is 18.0 Å². The Hall–Kier alpha value is -1.62. The molecule has 0 aromatic carbocycles. The van der Waals surface area contributed by atoms with E-state index in [-0.39, 0.29) is 5.91 Å². The number of amides is 1. The number of carbonyl (C=O) groups excluding carboxylic acids is 1. The summed E-state index contributed by atoms with van der Waals surface area (Å²) in [5.74, 6) is 0.101. The molecule has 102 valence electrons. The number of anilines is 1. The van der Waals surface area contributed by atoms with Crippen LogP contribution in [0.2, 0.25) is 0 Å². The van der Waals surface area contributed by atoms with Gasteiger partial charge in [-0.3, -0.25) is 14.7 Å². The molecule has 2 saturated heterocycles. The first-order valence-corrected chi connectivity index (χ1v) is 6.94. The van der Waals surface area contributed by atoms with E-state index in [9.17, 15) is 4.79 Å². The van der Waals surface area contributed by atoms with Gasteiger partial charge in [-0.05, 0) is 25.5 Å². The second kappa shape index (κ2) is 5.17. The van der Waals surface area contributed by atoms with Crippen molar-refractivity contribution in [3.05, 3.63) is 24.0 Å². The maximum Gasteiger partial charge on any atom is 0.257 e. The molecule has 2 aliphatic heterocycles. The van der Waals surface area contributed by atoms with Crippen molar-refractivity contribution in [2.24, 2.45) is 0 Å². The summed E-state index contributed by atoms with van der Waals surface area (Å²) in [7, 11) is 1.83. The van der Waals surface area contributed by atoms with Gasteiger partial charge in [0.25, 0.3) is 5.91 Å². The fraction of sp³-hybridized carbons (Fsp3) is 0.571. The van der Waals surface area contributed by atoms with Crippen molar-refractivity contribution in [2.75, 3.05) is 38.5 Å². The summed E-state index contributed by atoms with van der Waals surface area (Å²) in [5, 5.41) is 3.06. The summed E-state index contributed by atoms with van der Waals surface area (Å²) in [6.45, 7) is 3.89. The van der Waals surface area contributed by atoms with Crippen LogP contribution in [0.25, 0.3) is 0 Å². The van der Waals surface area contributed by atoms with Crippen LogP contribution >= 0.6 is 0 Å². The van der Waals surface area contributed by atoms with Crippen molar-refractivity contribution < 1.29 is 4.79 Å². The van der Waals surface area contributed by atoms with Gasteiger partial charge in [-0.1, -0.05) is 0 Å². The van der Waals surface area contributed by atoms with Gasteiger partial charge in [0.15, 0.2) is 0 Å². The minimum Gasteiger partial charge on any atom is -0.387 e. The Morgan fingerprint density at radius 2 is 2.32 bits per heavy atom. The molecule has 1 aromatic heterocycles. The molecule has 0 radical (unpaired) electrons. The highest BCUT2D eigenvalue weighted by Gasteiger charge is 2.33. The van der Waals surface area contributed by atoms with Crippen LogP contribution in [0, 0.1) is 0 Å². The third-order valence-corrected chi connectivity index (χ3v) is 4.20. The number of rotatable bonds is 2. The number of piperazine rings is 1. The molecule has 1 unspecified atom stereocenters. The van der Waals surface area contributed by atoms with Gasteiger partial charge in [-0.25, -0.2) is 0 Å². The van der Waals surface area contributed by atoms with Crippen LogP contribution in [0.1, 0.15) is 23.2 Å². The van der Waals surface area contributed by atoms with Crippen molar-refractivity contribution in [3.63, 3.8) is 0 Å². The number of hydrogen-bond acceptors (Lipinski definition) is 4. The SMILES string of the molecule is CNc1ccncc1C(=O)N1CCN2CCCC2C1. The van der Waals surface area contributed by atoms with E-state index in [1.165, 1.54) is 19.4 Å². The highest BCUT2D eigenvalue weighted by Crippen LogP contribution is 2.23. The van der Waals surface area contributed by atoms with Gasteiger partial charge >= 0.3 is 0 Å². The summed E-state index contributed by atoms with van der Waals surface area (Å²) >= 11 is 0. The largest absolute Gasteiger partial charge is 0.387 e. The number of carbonyl (C=O) groups is 1. The van der Waals surface area contributed by atoms with Crippen molar-refractivity contribution in [2.45, 2.75) is 18.9 Å². The monoisotopic (exact) mass is 260 g/mol. The minimum absolute atomic E-state index is 0.101. The highest BCUT2D eigenvalue weighted by atomic mass is 16.2. The molecule has 2 aliphatic rings. The summed E-state index contributed by atoms with van der Waals surface area (Å²) in [6.07, 6.45) is 5.85. The summed E-state index contributed by atoms with van der Waals surface area (Å²) in [5.41, 5.74) is 1.53. The first-order valence-electron chi connectivity index (χ1n) is 6.94. The topological polar surface area (TPSA) is 48.5 Å². The van der Waals surface area contributed by atoms with E-state index in [2.05, 4.69) is 15.2 Å². The molecule has 19 heavy (non-hydrogen) atoms. The van der Waals surface area contributed by atoms with Crippen LogP contribution in [-0.2, 0) is 0 Å². The fourth-order valence-corrected chi connectivity index (χ4v) is 3.13. The Balaban J connectivity index is 1.76. The Kier molecular flexibility index (Phi) is 3.38. The quantitative estimate of drug-likeness (QED) is 0.863. The standard InChI is InChI=1S/C14H20N4O/c1-15-13-4-5-16-9-12(13)14(19)18-8-7-17-6-2-3-11(17)10-18/h4-5,9,11H,2-3,6-8,10H2,1H3,(H,15,16). The van der Waals surface area contributed by atoms with Crippen LogP contribution in [-0.4, -0.2) is 60.0 Å². The molecular formula is C14H20N4O. The minimum atomic E-state index is 0.101. The van der Waals surface area contributed by atoms with Crippen molar-refractivity contribution in [1.82, 2.24) is 14.8 Å². The fourth-order valence-electron chi connectivity index (χ4n) is 3.13. The Morgan fingerprint density at radius 3 is 3.16 bits per heavy atom.